The Hall–Kier alpha value is -3.30. The molecule has 0 fully saturated rings. The van der Waals surface area contributed by atoms with Crippen molar-refractivity contribution >= 4 is 16.0 Å². The monoisotopic (exact) mass is 415 g/mol. The largest absolute Gasteiger partial charge is 0.468 e. The Labute approximate surface area is 167 Å². The average Bonchev–Trinajstić information content (AvgIpc) is 3.42. The number of rotatable bonds is 7. The number of ether oxygens (including phenoxy) is 3. The third kappa shape index (κ3) is 4.41. The number of esters is 1. The van der Waals surface area contributed by atoms with Crippen molar-refractivity contribution in [2.24, 2.45) is 0 Å². The van der Waals surface area contributed by atoms with Gasteiger partial charge in [0.15, 0.2) is 11.5 Å². The van der Waals surface area contributed by atoms with Crippen molar-refractivity contribution in [3.63, 3.8) is 0 Å². The molecule has 9 heteroatoms. The van der Waals surface area contributed by atoms with Gasteiger partial charge in [-0.2, -0.15) is 0 Å². The molecule has 150 valence electrons. The van der Waals surface area contributed by atoms with Gasteiger partial charge in [0.25, 0.3) is 0 Å². The van der Waals surface area contributed by atoms with Crippen LogP contribution in [0.3, 0.4) is 0 Å². The molecule has 8 nitrogen and oxygen atoms in total. The van der Waals surface area contributed by atoms with E-state index in [4.69, 9.17) is 18.6 Å². The first-order valence-corrected chi connectivity index (χ1v) is 10.2. The summed E-state index contributed by atoms with van der Waals surface area (Å²) in [5.41, 5.74) is 1.000. The van der Waals surface area contributed by atoms with Gasteiger partial charge in [-0.25, -0.2) is 17.9 Å². The van der Waals surface area contributed by atoms with E-state index < -0.39 is 16.0 Å². The minimum atomic E-state index is -3.73. The Balaban J connectivity index is 1.36. The van der Waals surface area contributed by atoms with E-state index in [9.17, 15) is 13.2 Å². The third-order valence-electron chi connectivity index (χ3n) is 4.22. The first-order valence-electron chi connectivity index (χ1n) is 8.69. The fourth-order valence-corrected chi connectivity index (χ4v) is 3.69. The molecule has 0 unspecified atom stereocenters. The minimum absolute atomic E-state index is 0.0364. The summed E-state index contributed by atoms with van der Waals surface area (Å²) in [5.74, 6) is 1.19. The molecule has 0 saturated heterocycles. The van der Waals surface area contributed by atoms with Crippen LogP contribution in [0, 0.1) is 0 Å². The van der Waals surface area contributed by atoms with Gasteiger partial charge in [-0.3, -0.25) is 0 Å². The van der Waals surface area contributed by atoms with E-state index >= 15 is 0 Å². The highest BCUT2D eigenvalue weighted by molar-refractivity contribution is 7.89. The summed E-state index contributed by atoms with van der Waals surface area (Å²) in [7, 11) is -3.73. The molecule has 0 atom stereocenters. The second kappa shape index (κ2) is 7.98. The molecular formula is C20H17NO7S. The summed E-state index contributed by atoms with van der Waals surface area (Å²) < 4.78 is 48.0. The van der Waals surface area contributed by atoms with Gasteiger partial charge in [0.1, 0.15) is 12.4 Å². The molecule has 1 aliphatic rings. The molecule has 0 saturated carbocycles. The van der Waals surface area contributed by atoms with Crippen LogP contribution >= 0.6 is 0 Å². The van der Waals surface area contributed by atoms with Crippen LogP contribution in [0.5, 0.6) is 11.5 Å². The molecule has 1 aromatic heterocycles. The number of nitrogens with one attached hydrogen (secondary N) is 1. The lowest BCUT2D eigenvalue weighted by molar-refractivity contribution is 0.0472. The molecule has 4 rings (SSSR count). The maximum absolute atomic E-state index is 12.3. The zero-order valence-electron chi connectivity index (χ0n) is 15.2. The number of carbonyl (C=O) groups is 1. The summed E-state index contributed by atoms with van der Waals surface area (Å²) in [4.78, 5) is 12.3. The van der Waals surface area contributed by atoms with E-state index in [1.807, 2.05) is 0 Å². The highest BCUT2D eigenvalue weighted by Crippen LogP contribution is 2.32. The van der Waals surface area contributed by atoms with Gasteiger partial charge in [0.05, 0.1) is 23.3 Å². The third-order valence-corrected chi connectivity index (χ3v) is 5.64. The number of hydrogen-bond donors (Lipinski definition) is 1. The summed E-state index contributed by atoms with van der Waals surface area (Å²) >= 11 is 0. The molecule has 29 heavy (non-hydrogen) atoms. The first-order chi connectivity index (χ1) is 14.0. The van der Waals surface area contributed by atoms with Crippen LogP contribution in [-0.4, -0.2) is 21.2 Å². The van der Waals surface area contributed by atoms with Gasteiger partial charge in [-0.1, -0.05) is 6.07 Å². The molecular weight excluding hydrogens is 398 g/mol. The van der Waals surface area contributed by atoms with Gasteiger partial charge in [-0.15, -0.1) is 0 Å². The Bertz CT molecular complexity index is 1110. The van der Waals surface area contributed by atoms with Crippen LogP contribution in [0.4, 0.5) is 0 Å². The topological polar surface area (TPSA) is 104 Å². The molecule has 0 aliphatic carbocycles. The minimum Gasteiger partial charge on any atom is -0.468 e. The summed E-state index contributed by atoms with van der Waals surface area (Å²) in [5, 5.41) is 0. The lowest BCUT2D eigenvalue weighted by Gasteiger charge is -2.08. The smallest absolute Gasteiger partial charge is 0.338 e. The summed E-state index contributed by atoms with van der Waals surface area (Å²) in [6.45, 7) is 0.263. The normalized spacial score (nSPS) is 12.7. The lowest BCUT2D eigenvalue weighted by Crippen LogP contribution is -2.23. The van der Waals surface area contributed by atoms with Crippen molar-refractivity contribution in [1.29, 1.82) is 0 Å². The molecule has 1 N–H and O–H groups in total. The fourth-order valence-electron chi connectivity index (χ4n) is 2.70. The Morgan fingerprint density at radius 3 is 2.59 bits per heavy atom. The summed E-state index contributed by atoms with van der Waals surface area (Å²) in [6.07, 6.45) is 1.47. The number of furan rings is 1. The maximum atomic E-state index is 12.3. The molecule has 2 aromatic carbocycles. The maximum Gasteiger partial charge on any atom is 0.338 e. The lowest BCUT2D eigenvalue weighted by atomic mass is 10.2. The summed E-state index contributed by atoms with van der Waals surface area (Å²) in [6, 6.07) is 14.1. The SMILES string of the molecule is O=C(OCc1ccc2c(c1)OCO2)c1ccc(S(=O)(=O)NCc2ccco2)cc1. The fraction of sp³-hybridized carbons (Fsp3) is 0.150. The van der Waals surface area contributed by atoms with Crippen molar-refractivity contribution in [2.75, 3.05) is 6.79 Å². The van der Waals surface area contributed by atoms with Gasteiger partial charge in [0, 0.05) is 0 Å². The average molecular weight is 415 g/mol. The van der Waals surface area contributed by atoms with E-state index in [0.717, 1.165) is 5.56 Å². The zero-order valence-corrected chi connectivity index (χ0v) is 16.0. The van der Waals surface area contributed by atoms with Crippen molar-refractivity contribution in [3.8, 4) is 11.5 Å². The van der Waals surface area contributed by atoms with Crippen LogP contribution in [0.2, 0.25) is 0 Å². The molecule has 3 aromatic rings. The molecule has 2 heterocycles. The van der Waals surface area contributed by atoms with Crippen LogP contribution in [0.25, 0.3) is 0 Å². The van der Waals surface area contributed by atoms with Crippen LogP contribution in [0.1, 0.15) is 21.7 Å². The van der Waals surface area contributed by atoms with Crippen molar-refractivity contribution in [3.05, 3.63) is 77.7 Å². The Morgan fingerprint density at radius 1 is 1.03 bits per heavy atom. The Kier molecular flexibility index (Phi) is 5.24. The van der Waals surface area contributed by atoms with E-state index in [1.54, 1.807) is 30.3 Å². The van der Waals surface area contributed by atoms with Gasteiger partial charge in [-0.05, 0) is 54.1 Å². The second-order valence-electron chi connectivity index (χ2n) is 6.19. The van der Waals surface area contributed by atoms with Gasteiger partial charge < -0.3 is 18.6 Å². The van der Waals surface area contributed by atoms with E-state index in [-0.39, 0.29) is 30.4 Å². The van der Waals surface area contributed by atoms with Crippen molar-refractivity contribution < 1.29 is 31.8 Å². The van der Waals surface area contributed by atoms with Crippen LogP contribution in [-0.2, 0) is 27.9 Å². The van der Waals surface area contributed by atoms with Crippen molar-refractivity contribution in [2.45, 2.75) is 18.0 Å². The number of benzene rings is 2. The van der Waals surface area contributed by atoms with Crippen molar-refractivity contribution in [1.82, 2.24) is 4.72 Å². The number of fused-ring (bicyclic) bond motifs is 1. The zero-order chi connectivity index (χ0) is 20.3. The molecule has 0 amide bonds. The van der Waals surface area contributed by atoms with Crippen LogP contribution in [0.15, 0.2) is 70.2 Å². The molecule has 0 bridgehead atoms. The highest BCUT2D eigenvalue weighted by Gasteiger charge is 2.17. The van der Waals surface area contributed by atoms with Gasteiger partial charge in [0.2, 0.25) is 16.8 Å². The Morgan fingerprint density at radius 2 is 1.83 bits per heavy atom. The predicted molar refractivity (Wildman–Crippen MR) is 101 cm³/mol. The molecule has 0 spiro atoms. The molecule has 1 aliphatic heterocycles. The van der Waals surface area contributed by atoms with E-state index in [2.05, 4.69) is 4.72 Å². The number of hydrogen-bond acceptors (Lipinski definition) is 7. The van der Waals surface area contributed by atoms with E-state index in [0.29, 0.717) is 17.3 Å². The number of sulfonamides is 1. The van der Waals surface area contributed by atoms with Gasteiger partial charge >= 0.3 is 5.97 Å². The highest BCUT2D eigenvalue weighted by atomic mass is 32.2. The quantitative estimate of drug-likeness (QED) is 0.592. The predicted octanol–water partition coefficient (Wildman–Crippen LogP) is 2.84. The molecule has 0 radical (unpaired) electrons. The first kappa shape index (κ1) is 19.0. The van der Waals surface area contributed by atoms with Crippen LogP contribution < -0.4 is 14.2 Å². The number of carbonyl (C=O) groups excluding carboxylic acids is 1. The van der Waals surface area contributed by atoms with E-state index in [1.165, 1.54) is 30.5 Å². The standard InChI is InChI=1S/C20H17NO7S/c22-20(26-12-14-3-8-18-19(10-14)28-13-27-18)15-4-6-17(7-5-15)29(23,24)21-11-16-2-1-9-25-16/h1-10,21H,11-13H2. The second-order valence-corrected chi connectivity index (χ2v) is 7.96.